The van der Waals surface area contributed by atoms with Crippen molar-refractivity contribution >= 4 is 50.8 Å². The highest BCUT2D eigenvalue weighted by atomic mass is 35.5. The summed E-state index contributed by atoms with van der Waals surface area (Å²) in [6, 6.07) is 13.1. The molecule has 0 spiro atoms. The third-order valence-corrected chi connectivity index (χ3v) is 12.9. The van der Waals surface area contributed by atoms with Gasteiger partial charge in [-0.25, -0.2) is 4.21 Å². The van der Waals surface area contributed by atoms with Crippen LogP contribution in [0.25, 0.3) is 0 Å². The molecular formula is C37H43ClN4O6S2. The topological polar surface area (TPSA) is 111 Å². The van der Waals surface area contributed by atoms with Crippen molar-refractivity contribution in [3.8, 4) is 5.75 Å². The standard InChI is InChI=1S/C37H43ClN4O6S2/c1-46-34-5-3-2-4-16-50(45,40-37(44)29-18-31-23-47-14-13-41(31)22-29)39-36(43)26-8-11-35-33(19-26)42(21-28-7-10-32(28)34)20-27-6-9-30(38)17-25(27)12-15-49-24-48-35/h3,5-6,8-9,11,17-19,22,28,32,34H,2,4,7,10,12-16,20-21,23-24H2,1H3,(H,39,40,43,44,45)/b5-3+/t28-,32+,34-,50?/m0/s1. The number of aryl methyl sites for hydroxylation is 1. The van der Waals surface area contributed by atoms with Gasteiger partial charge >= 0.3 is 0 Å². The number of thioether (sulfide) groups is 1. The normalized spacial score (nSPS) is 26.4. The molecule has 0 radical (unpaired) electrons. The van der Waals surface area contributed by atoms with Crippen LogP contribution < -0.4 is 14.4 Å². The van der Waals surface area contributed by atoms with E-state index in [1.165, 1.54) is 11.1 Å². The number of allylic oxidation sites excluding steroid dienone is 1. The molecule has 13 heteroatoms. The van der Waals surface area contributed by atoms with Gasteiger partial charge in [-0.05, 0) is 91.5 Å². The van der Waals surface area contributed by atoms with Gasteiger partial charge in [-0.2, -0.15) is 0 Å². The number of amides is 2. The molecule has 1 saturated carbocycles. The van der Waals surface area contributed by atoms with Gasteiger partial charge < -0.3 is 23.7 Å². The zero-order valence-electron chi connectivity index (χ0n) is 28.2. The molecule has 2 bridgehead atoms. The lowest BCUT2D eigenvalue weighted by Crippen LogP contribution is -2.43. The Balaban J connectivity index is 1.28. The summed E-state index contributed by atoms with van der Waals surface area (Å²) in [5.41, 5.74) is 4.64. The number of carbonyl (C=O) groups excluding carboxylic acids is 2. The van der Waals surface area contributed by atoms with E-state index >= 15 is 0 Å². The van der Waals surface area contributed by atoms with Gasteiger partial charge in [0.2, 0.25) is 0 Å². The van der Waals surface area contributed by atoms with Crippen LogP contribution >= 0.6 is 23.4 Å². The summed E-state index contributed by atoms with van der Waals surface area (Å²) in [6.07, 6.45) is 9.89. The summed E-state index contributed by atoms with van der Waals surface area (Å²) in [5, 5.41) is 0.706. The number of nitrogens with zero attached hydrogens (tertiary/aromatic N) is 3. The molecular weight excluding hydrogens is 696 g/mol. The van der Waals surface area contributed by atoms with E-state index in [2.05, 4.69) is 32.2 Å². The highest BCUT2D eigenvalue weighted by Gasteiger charge is 2.38. The molecule has 50 heavy (non-hydrogen) atoms. The van der Waals surface area contributed by atoms with E-state index in [0.717, 1.165) is 42.9 Å². The first-order valence-corrected chi connectivity index (χ1v) is 20.4. The number of halogens is 1. The lowest BCUT2D eigenvalue weighted by molar-refractivity contribution is 0.0134. The average molecular weight is 739 g/mol. The van der Waals surface area contributed by atoms with Crippen molar-refractivity contribution < 1.29 is 28.0 Å². The number of ether oxygens (including phenoxy) is 3. The number of nitrogens with one attached hydrogen (secondary N) is 1. The summed E-state index contributed by atoms with van der Waals surface area (Å²) in [5.74, 6) is 1.53. The quantitative estimate of drug-likeness (QED) is 0.298. The van der Waals surface area contributed by atoms with Gasteiger partial charge in [0, 0.05) is 55.0 Å². The fourth-order valence-corrected chi connectivity index (χ4v) is 9.68. The van der Waals surface area contributed by atoms with Crippen LogP contribution in [-0.2, 0) is 45.5 Å². The Hall–Kier alpha value is -3.29. The molecule has 1 N–H and O–H groups in total. The van der Waals surface area contributed by atoms with Crippen LogP contribution in [0.5, 0.6) is 5.75 Å². The predicted octanol–water partition coefficient (Wildman–Crippen LogP) is 6.65. The van der Waals surface area contributed by atoms with Gasteiger partial charge in [0.1, 0.15) is 21.6 Å². The number of hydrogen-bond donors (Lipinski definition) is 1. The zero-order valence-corrected chi connectivity index (χ0v) is 30.6. The Morgan fingerprint density at radius 3 is 2.88 bits per heavy atom. The molecule has 1 aromatic heterocycles. The van der Waals surface area contributed by atoms with Gasteiger partial charge in [-0.1, -0.05) is 29.8 Å². The molecule has 2 aromatic carbocycles. The van der Waals surface area contributed by atoms with E-state index in [4.69, 9.17) is 25.8 Å². The number of methoxy groups -OCH3 is 1. The first kappa shape index (κ1) is 35.1. The molecule has 7 rings (SSSR count). The largest absolute Gasteiger partial charge is 0.481 e. The number of fused-ring (bicyclic) bond motifs is 4. The molecule has 2 amide bonds. The molecule has 3 aliphatic heterocycles. The number of anilines is 1. The monoisotopic (exact) mass is 738 g/mol. The van der Waals surface area contributed by atoms with Gasteiger partial charge in [-0.15, -0.1) is 16.1 Å². The Bertz CT molecular complexity index is 1880. The SMILES string of the molecule is CO[C@H]1/C=C/CCCS(=O)(NC(=O)c2cc3n(c2)CCOC3)=NC(=O)c2ccc3c(c2)N(Cc2ccc(Cl)cc2CCSCO3)C[C@@H]2CC[C@H]21. The Morgan fingerprint density at radius 2 is 2.06 bits per heavy atom. The van der Waals surface area contributed by atoms with Gasteiger partial charge in [0.25, 0.3) is 11.8 Å². The van der Waals surface area contributed by atoms with Crippen LogP contribution in [0.3, 0.4) is 0 Å². The molecule has 1 aliphatic carbocycles. The number of carbonyl (C=O) groups is 2. The van der Waals surface area contributed by atoms with E-state index in [-0.39, 0.29) is 17.4 Å². The minimum Gasteiger partial charge on any atom is -0.481 e. The maximum atomic E-state index is 14.4. The second-order valence-corrected chi connectivity index (χ2v) is 16.9. The minimum absolute atomic E-state index is 0.0198. The highest BCUT2D eigenvalue weighted by molar-refractivity contribution is 7.99. The maximum Gasteiger partial charge on any atom is 0.286 e. The van der Waals surface area contributed by atoms with Gasteiger partial charge in [0.05, 0.1) is 36.3 Å². The summed E-state index contributed by atoms with van der Waals surface area (Å²) in [4.78, 5) is 29.7. The van der Waals surface area contributed by atoms with Crippen molar-refractivity contribution in [2.75, 3.05) is 42.6 Å². The second-order valence-electron chi connectivity index (χ2n) is 13.3. The lowest BCUT2D eigenvalue weighted by Gasteiger charge is -2.43. The number of rotatable bonds is 3. The summed E-state index contributed by atoms with van der Waals surface area (Å²) >= 11 is 8.15. The number of hydrogen-bond acceptors (Lipinski definition) is 8. The van der Waals surface area contributed by atoms with E-state index in [0.29, 0.717) is 73.3 Å². The second kappa shape index (κ2) is 15.5. The average Bonchev–Trinajstić information content (AvgIpc) is 3.53. The molecule has 10 nitrogen and oxygen atoms in total. The van der Waals surface area contributed by atoms with Crippen molar-refractivity contribution in [3.05, 3.63) is 93.8 Å². The fourth-order valence-electron chi connectivity index (χ4n) is 7.22. The molecule has 4 heterocycles. The van der Waals surface area contributed by atoms with Crippen molar-refractivity contribution in [3.63, 3.8) is 0 Å². The third-order valence-electron chi connectivity index (χ3n) is 10.1. The highest BCUT2D eigenvalue weighted by Crippen LogP contribution is 2.42. The smallest absolute Gasteiger partial charge is 0.286 e. The van der Waals surface area contributed by atoms with Crippen molar-refractivity contribution in [1.29, 1.82) is 0 Å². The first-order chi connectivity index (χ1) is 24.3. The van der Waals surface area contributed by atoms with Gasteiger partial charge in [-0.3, -0.25) is 14.3 Å². The van der Waals surface area contributed by atoms with Crippen LogP contribution in [0.15, 0.2) is 65.2 Å². The van der Waals surface area contributed by atoms with Crippen molar-refractivity contribution in [1.82, 2.24) is 9.29 Å². The number of aromatic nitrogens is 1. The lowest BCUT2D eigenvalue weighted by atomic mass is 9.70. The Morgan fingerprint density at radius 1 is 1.16 bits per heavy atom. The summed E-state index contributed by atoms with van der Waals surface area (Å²) in [6.45, 7) is 2.93. The molecule has 4 aliphatic rings. The Kier molecular flexibility index (Phi) is 10.9. The molecule has 1 unspecified atom stereocenters. The molecule has 3 aromatic rings. The predicted molar refractivity (Wildman–Crippen MR) is 197 cm³/mol. The summed E-state index contributed by atoms with van der Waals surface area (Å²) in [7, 11) is -1.74. The number of benzene rings is 2. The molecule has 0 saturated heterocycles. The third kappa shape index (κ3) is 7.94. The van der Waals surface area contributed by atoms with Crippen LogP contribution in [0, 0.1) is 11.8 Å². The van der Waals surface area contributed by atoms with Crippen LogP contribution in [0.1, 0.15) is 63.2 Å². The molecule has 4 atom stereocenters. The van der Waals surface area contributed by atoms with Crippen LogP contribution in [0.2, 0.25) is 5.02 Å². The van der Waals surface area contributed by atoms with E-state index in [9.17, 15) is 13.8 Å². The summed E-state index contributed by atoms with van der Waals surface area (Å²) < 4.78 is 41.1. The molecule has 266 valence electrons. The van der Waals surface area contributed by atoms with Crippen molar-refractivity contribution in [2.24, 2.45) is 16.2 Å². The first-order valence-electron chi connectivity index (χ1n) is 17.2. The maximum absolute atomic E-state index is 14.4. The van der Waals surface area contributed by atoms with Gasteiger partial charge in [0.15, 0.2) is 0 Å². The van der Waals surface area contributed by atoms with E-state index in [1.807, 2.05) is 22.8 Å². The van der Waals surface area contributed by atoms with E-state index < -0.39 is 21.7 Å². The fraction of sp³-hybridized carbons (Fsp3) is 0.459. The Labute approximate surface area is 303 Å². The van der Waals surface area contributed by atoms with Crippen molar-refractivity contribution in [2.45, 2.75) is 57.9 Å². The zero-order chi connectivity index (χ0) is 34.7. The minimum atomic E-state index is -3.49. The molecule has 1 fully saturated rings. The van der Waals surface area contributed by atoms with E-state index in [1.54, 1.807) is 43.3 Å². The van der Waals surface area contributed by atoms with Crippen LogP contribution in [-0.4, -0.2) is 64.4 Å². The van der Waals surface area contributed by atoms with Crippen LogP contribution in [0.4, 0.5) is 5.69 Å².